The molecule has 0 fully saturated rings. The standard InChI is InChI=1S/C10H5F4N3O/c11-9(16-17-15)4-5-3-6(10(12,13)14)1-2-7(5)8(9)18/h1-3H,4H2. The van der Waals surface area contributed by atoms with Gasteiger partial charge in [0.15, 0.2) is 0 Å². The van der Waals surface area contributed by atoms with Crippen LogP contribution in [-0.2, 0) is 12.6 Å². The number of Topliss-reactive ketones (excluding diaryl/α,β-unsaturated/α-hetero) is 1. The third kappa shape index (κ3) is 1.80. The first-order valence-corrected chi connectivity index (χ1v) is 4.78. The Morgan fingerprint density at radius 3 is 2.61 bits per heavy atom. The molecule has 94 valence electrons. The van der Waals surface area contributed by atoms with Gasteiger partial charge in [-0.2, -0.15) is 13.2 Å². The maximum absolute atomic E-state index is 13.9. The summed E-state index contributed by atoms with van der Waals surface area (Å²) in [4.78, 5) is 13.7. The van der Waals surface area contributed by atoms with Crippen molar-refractivity contribution in [1.82, 2.24) is 0 Å². The van der Waals surface area contributed by atoms with E-state index in [9.17, 15) is 22.4 Å². The quantitative estimate of drug-likeness (QED) is 0.250. The van der Waals surface area contributed by atoms with Gasteiger partial charge in [0.1, 0.15) is 0 Å². The van der Waals surface area contributed by atoms with Crippen LogP contribution >= 0.6 is 0 Å². The smallest absolute Gasteiger partial charge is 0.290 e. The average molecular weight is 259 g/mol. The number of hydrogen-bond donors (Lipinski definition) is 0. The van der Waals surface area contributed by atoms with Crippen LogP contribution in [0.5, 0.6) is 0 Å². The summed E-state index contributed by atoms with van der Waals surface area (Å²) in [5.74, 6) is -3.93. The van der Waals surface area contributed by atoms with E-state index < -0.39 is 29.7 Å². The summed E-state index contributed by atoms with van der Waals surface area (Å²) in [6, 6.07) is 2.29. The Morgan fingerprint density at radius 2 is 2.06 bits per heavy atom. The number of carbonyl (C=O) groups excluding carboxylic acids is 1. The van der Waals surface area contributed by atoms with Gasteiger partial charge < -0.3 is 0 Å². The summed E-state index contributed by atoms with van der Waals surface area (Å²) in [6.45, 7) is 0. The summed E-state index contributed by atoms with van der Waals surface area (Å²) in [7, 11) is 0. The van der Waals surface area contributed by atoms with E-state index in [0.717, 1.165) is 6.07 Å². The molecule has 18 heavy (non-hydrogen) atoms. The van der Waals surface area contributed by atoms with Gasteiger partial charge in [-0.25, -0.2) is 4.39 Å². The third-order valence-corrected chi connectivity index (χ3v) is 2.65. The van der Waals surface area contributed by atoms with Crippen molar-refractivity contribution in [3.8, 4) is 0 Å². The molecule has 0 spiro atoms. The Balaban J connectivity index is 2.50. The van der Waals surface area contributed by atoms with Crippen LogP contribution < -0.4 is 0 Å². The van der Waals surface area contributed by atoms with Gasteiger partial charge in [0.05, 0.1) is 5.56 Å². The van der Waals surface area contributed by atoms with Crippen LogP contribution in [0.2, 0.25) is 0 Å². The van der Waals surface area contributed by atoms with Crippen LogP contribution in [0.4, 0.5) is 17.6 Å². The van der Waals surface area contributed by atoms with E-state index in [0.29, 0.717) is 12.1 Å². The average Bonchev–Trinajstić information content (AvgIpc) is 2.50. The number of azide groups is 1. The van der Waals surface area contributed by atoms with Crippen LogP contribution in [-0.4, -0.2) is 11.6 Å². The minimum atomic E-state index is -4.57. The molecule has 0 heterocycles. The lowest BCUT2D eigenvalue weighted by atomic mass is 10.1. The van der Waals surface area contributed by atoms with E-state index in [4.69, 9.17) is 5.53 Å². The minimum Gasteiger partial charge on any atom is -0.290 e. The van der Waals surface area contributed by atoms with Gasteiger partial charge in [-0.3, -0.25) is 4.79 Å². The maximum atomic E-state index is 13.9. The van der Waals surface area contributed by atoms with Crippen LogP contribution in [0, 0.1) is 0 Å². The molecule has 0 bridgehead atoms. The molecule has 0 N–H and O–H groups in total. The minimum absolute atomic E-state index is 0.107. The van der Waals surface area contributed by atoms with E-state index in [2.05, 4.69) is 10.0 Å². The van der Waals surface area contributed by atoms with Gasteiger partial charge in [0.2, 0.25) is 5.78 Å². The van der Waals surface area contributed by atoms with Crippen molar-refractivity contribution in [2.45, 2.75) is 18.4 Å². The molecule has 2 rings (SSSR count). The molecule has 4 nitrogen and oxygen atoms in total. The Hall–Kier alpha value is -2.08. The van der Waals surface area contributed by atoms with Gasteiger partial charge in [0.25, 0.3) is 5.79 Å². The molecule has 1 aliphatic carbocycles. The van der Waals surface area contributed by atoms with E-state index in [-0.39, 0.29) is 11.1 Å². The lowest BCUT2D eigenvalue weighted by Crippen LogP contribution is -2.26. The van der Waals surface area contributed by atoms with Gasteiger partial charge in [0, 0.05) is 16.9 Å². The predicted octanol–water partition coefficient (Wildman–Crippen LogP) is 3.42. The Morgan fingerprint density at radius 1 is 1.39 bits per heavy atom. The summed E-state index contributed by atoms with van der Waals surface area (Å²) in [5, 5.41) is 2.73. The number of nitrogens with zero attached hydrogens (tertiary/aromatic N) is 3. The number of alkyl halides is 4. The summed E-state index contributed by atoms with van der Waals surface area (Å²) < 4.78 is 51.2. The zero-order valence-corrected chi connectivity index (χ0v) is 8.70. The Labute approximate surface area is 97.8 Å². The molecule has 1 aliphatic rings. The van der Waals surface area contributed by atoms with Crippen molar-refractivity contribution in [3.05, 3.63) is 45.3 Å². The van der Waals surface area contributed by atoms with Gasteiger partial charge in [-0.05, 0) is 28.3 Å². The highest BCUT2D eigenvalue weighted by molar-refractivity contribution is 6.06. The third-order valence-electron chi connectivity index (χ3n) is 2.65. The highest BCUT2D eigenvalue weighted by Gasteiger charge is 2.46. The van der Waals surface area contributed by atoms with Crippen molar-refractivity contribution in [2.24, 2.45) is 5.11 Å². The van der Waals surface area contributed by atoms with Crippen LogP contribution in [0.3, 0.4) is 0 Å². The lowest BCUT2D eigenvalue weighted by Gasteiger charge is -2.08. The van der Waals surface area contributed by atoms with E-state index in [1.165, 1.54) is 0 Å². The summed E-state index contributed by atoms with van der Waals surface area (Å²) >= 11 is 0. The SMILES string of the molecule is [N-]=[N+]=NC1(F)Cc2cc(C(F)(F)F)ccc2C1=O. The number of rotatable bonds is 1. The molecule has 0 saturated heterocycles. The van der Waals surface area contributed by atoms with Gasteiger partial charge >= 0.3 is 6.18 Å². The molecule has 1 aromatic rings. The Bertz CT molecular complexity index is 577. The fourth-order valence-corrected chi connectivity index (χ4v) is 1.83. The van der Waals surface area contributed by atoms with Crippen LogP contribution in [0.15, 0.2) is 23.3 Å². The molecule has 0 aliphatic heterocycles. The fourth-order valence-electron chi connectivity index (χ4n) is 1.83. The first-order chi connectivity index (χ1) is 8.28. The molecule has 1 unspecified atom stereocenters. The van der Waals surface area contributed by atoms with Crippen molar-refractivity contribution in [3.63, 3.8) is 0 Å². The number of ketones is 1. The number of hydrogen-bond acceptors (Lipinski definition) is 2. The fraction of sp³-hybridized carbons (Fsp3) is 0.300. The first-order valence-electron chi connectivity index (χ1n) is 4.78. The number of halogens is 4. The largest absolute Gasteiger partial charge is 0.416 e. The van der Waals surface area contributed by atoms with Gasteiger partial charge in [-0.1, -0.05) is 6.07 Å². The zero-order valence-electron chi connectivity index (χ0n) is 8.70. The molecular weight excluding hydrogens is 254 g/mol. The second-order valence-corrected chi connectivity index (χ2v) is 3.82. The summed E-state index contributed by atoms with van der Waals surface area (Å²) in [5.41, 5.74) is 6.90. The van der Waals surface area contributed by atoms with Crippen LogP contribution in [0.25, 0.3) is 10.4 Å². The van der Waals surface area contributed by atoms with Crippen molar-refractivity contribution in [1.29, 1.82) is 0 Å². The molecule has 0 radical (unpaired) electrons. The van der Waals surface area contributed by atoms with E-state index in [1.807, 2.05) is 0 Å². The second-order valence-electron chi connectivity index (χ2n) is 3.82. The first kappa shape index (κ1) is 12.4. The molecule has 0 aromatic heterocycles. The summed E-state index contributed by atoms with van der Waals surface area (Å²) in [6.07, 6.45) is -5.24. The van der Waals surface area contributed by atoms with E-state index >= 15 is 0 Å². The molecule has 1 aromatic carbocycles. The predicted molar refractivity (Wildman–Crippen MR) is 52.5 cm³/mol. The highest BCUT2D eigenvalue weighted by atomic mass is 19.4. The molecule has 1 atom stereocenters. The molecule has 0 amide bonds. The topological polar surface area (TPSA) is 65.8 Å². The van der Waals surface area contributed by atoms with Crippen molar-refractivity contribution >= 4 is 5.78 Å². The number of carbonyl (C=O) groups is 1. The Kier molecular flexibility index (Phi) is 2.55. The second kappa shape index (κ2) is 3.71. The number of fused-ring (bicyclic) bond motifs is 1. The zero-order chi connectivity index (χ0) is 13.6. The van der Waals surface area contributed by atoms with Gasteiger partial charge in [-0.15, -0.1) is 0 Å². The molecule has 8 heteroatoms. The maximum Gasteiger partial charge on any atom is 0.416 e. The molecular formula is C10H5F4N3O. The lowest BCUT2D eigenvalue weighted by molar-refractivity contribution is -0.137. The van der Waals surface area contributed by atoms with E-state index in [1.54, 1.807) is 0 Å². The van der Waals surface area contributed by atoms with Crippen molar-refractivity contribution in [2.75, 3.05) is 0 Å². The monoisotopic (exact) mass is 259 g/mol. The van der Waals surface area contributed by atoms with Crippen molar-refractivity contribution < 1.29 is 22.4 Å². The van der Waals surface area contributed by atoms with Crippen LogP contribution in [0.1, 0.15) is 21.5 Å². The number of benzene rings is 1. The highest BCUT2D eigenvalue weighted by Crippen LogP contribution is 2.38. The molecule has 0 saturated carbocycles. The normalized spacial score (nSPS) is 22.6.